The van der Waals surface area contributed by atoms with Crippen LogP contribution in [0.25, 0.3) is 34.9 Å². The molecule has 3 atom stereocenters. The molecule has 2 aliphatic carbocycles. The minimum absolute atomic E-state index is 0.00274. The molecule has 280 valence electrons. The largest absolute Gasteiger partial charge is 0.272 e. The number of benzene rings is 7. The number of fused-ring (bicyclic) bond motifs is 2. The molecule has 0 bridgehead atoms. The van der Waals surface area contributed by atoms with Crippen LogP contribution in [0, 0.1) is 0 Å². The Kier molecular flexibility index (Phi) is 9.70. The minimum atomic E-state index is -0.303. The van der Waals surface area contributed by atoms with Crippen molar-refractivity contribution >= 4 is 40.7 Å². The molecule has 0 saturated carbocycles. The third-order valence-corrected chi connectivity index (χ3v) is 11.8. The lowest BCUT2D eigenvalue weighted by atomic mass is 9.79. The number of hydrogen-bond acceptors (Lipinski definition) is 1. The summed E-state index contributed by atoms with van der Waals surface area (Å²) in [5.74, 6) is -0.0258. The zero-order valence-electron chi connectivity index (χ0n) is 32.8. The second-order valence-corrected chi connectivity index (χ2v) is 15.5. The zero-order chi connectivity index (χ0) is 39.5. The summed E-state index contributed by atoms with van der Waals surface area (Å²) in [7, 11) is 0. The highest BCUT2D eigenvalue weighted by molar-refractivity contribution is 6.15. The van der Waals surface area contributed by atoms with Crippen molar-refractivity contribution in [3.05, 3.63) is 286 Å². The topological polar surface area (TPSA) is 12.4 Å². The summed E-state index contributed by atoms with van der Waals surface area (Å²) >= 11 is 0. The Balaban J connectivity index is 1.19. The Labute approximate surface area is 347 Å². The van der Waals surface area contributed by atoms with Crippen LogP contribution in [0.1, 0.15) is 79.1 Å². The maximum atomic E-state index is 5.57. The van der Waals surface area contributed by atoms with Gasteiger partial charge in [-0.3, -0.25) is 4.99 Å². The van der Waals surface area contributed by atoms with Crippen molar-refractivity contribution in [2.24, 2.45) is 4.99 Å². The first-order chi connectivity index (χ1) is 29.2. The third kappa shape index (κ3) is 7.24. The van der Waals surface area contributed by atoms with Gasteiger partial charge in [0.15, 0.2) is 0 Å². The standard InChI is InChI=1S/C58H43N/c1-40-55(43-21-8-3-9-22-43)39-57(45-25-12-5-13-26-45)59-58(40)51-36-49(53-33-31-47(41-18-6-2-7-19-41)34-48-28-16-17-29-52(48)53)35-50(37-51)54-32-30-42-20-14-15-27-46(42)38-56(54)44-23-10-4-11-24-44/h2-39,53-54,58H,1H2/t53?,54?,58-/m0/s1. The summed E-state index contributed by atoms with van der Waals surface area (Å²) in [5, 5.41) is 0. The highest BCUT2D eigenvalue weighted by atomic mass is 14.8. The third-order valence-electron chi connectivity index (χ3n) is 11.8. The lowest BCUT2D eigenvalue weighted by Crippen LogP contribution is -2.14. The molecule has 0 saturated heterocycles. The summed E-state index contributed by atoms with van der Waals surface area (Å²) in [6.07, 6.45) is 16.3. The van der Waals surface area contributed by atoms with Crippen LogP contribution in [0.3, 0.4) is 0 Å². The van der Waals surface area contributed by atoms with E-state index in [2.05, 4.69) is 231 Å². The molecule has 1 heteroatoms. The monoisotopic (exact) mass is 753 g/mol. The molecule has 0 spiro atoms. The smallest absolute Gasteiger partial charge is 0.101 e. The van der Waals surface area contributed by atoms with Crippen LogP contribution in [0.2, 0.25) is 0 Å². The van der Waals surface area contributed by atoms with Crippen molar-refractivity contribution < 1.29 is 0 Å². The molecular formula is C58H43N. The summed E-state index contributed by atoms with van der Waals surface area (Å²) in [6, 6.07) is 67.3. The second kappa shape index (κ2) is 15.9. The molecule has 7 aromatic rings. The van der Waals surface area contributed by atoms with Gasteiger partial charge in [-0.05, 0) is 102 Å². The van der Waals surface area contributed by atoms with E-state index in [-0.39, 0.29) is 17.9 Å². The van der Waals surface area contributed by atoms with Crippen LogP contribution in [0.5, 0.6) is 0 Å². The van der Waals surface area contributed by atoms with Gasteiger partial charge in [0, 0.05) is 11.8 Å². The first kappa shape index (κ1) is 36.0. The fourth-order valence-electron chi connectivity index (χ4n) is 8.86. The van der Waals surface area contributed by atoms with Gasteiger partial charge in [-0.15, -0.1) is 0 Å². The van der Waals surface area contributed by atoms with Crippen molar-refractivity contribution in [1.29, 1.82) is 0 Å². The van der Waals surface area contributed by atoms with Crippen molar-refractivity contribution in [1.82, 2.24) is 0 Å². The number of allylic oxidation sites excluding steroid dienone is 6. The lowest BCUT2D eigenvalue weighted by Gasteiger charge is -2.28. The van der Waals surface area contributed by atoms with E-state index in [4.69, 9.17) is 11.6 Å². The predicted molar refractivity (Wildman–Crippen MR) is 250 cm³/mol. The normalized spacial score (nSPS) is 18.3. The Bertz CT molecular complexity index is 2870. The van der Waals surface area contributed by atoms with Gasteiger partial charge in [0.2, 0.25) is 0 Å². The van der Waals surface area contributed by atoms with Crippen molar-refractivity contribution in [3.8, 4) is 0 Å². The fourth-order valence-corrected chi connectivity index (χ4v) is 8.86. The highest BCUT2D eigenvalue weighted by Gasteiger charge is 2.29. The molecule has 1 heterocycles. The van der Waals surface area contributed by atoms with E-state index in [0.29, 0.717) is 0 Å². The van der Waals surface area contributed by atoms with Crippen LogP contribution < -0.4 is 0 Å². The van der Waals surface area contributed by atoms with Crippen LogP contribution >= 0.6 is 0 Å². The first-order valence-electron chi connectivity index (χ1n) is 20.5. The number of dihydropyridines is 1. The van der Waals surface area contributed by atoms with Gasteiger partial charge in [0.05, 0.1) is 5.71 Å². The van der Waals surface area contributed by atoms with E-state index in [0.717, 1.165) is 33.5 Å². The lowest BCUT2D eigenvalue weighted by molar-refractivity contribution is 0.862. The maximum Gasteiger partial charge on any atom is 0.101 e. The SMILES string of the molecule is C=C1C(c2ccccc2)=CC(c2ccccc2)=N[C@@H]1c1cc(C2C=Cc3ccccc3C=C2c2ccccc2)cc(C2C=CC(c3ccccc3)=Cc3ccccc32)c1. The Morgan fingerprint density at radius 2 is 0.932 bits per heavy atom. The summed E-state index contributed by atoms with van der Waals surface area (Å²) in [6.45, 7) is 4.82. The van der Waals surface area contributed by atoms with Crippen molar-refractivity contribution in [2.75, 3.05) is 0 Å². The van der Waals surface area contributed by atoms with Crippen molar-refractivity contribution in [3.63, 3.8) is 0 Å². The molecule has 0 aromatic heterocycles. The predicted octanol–water partition coefficient (Wildman–Crippen LogP) is 14.5. The molecule has 0 radical (unpaired) electrons. The van der Waals surface area contributed by atoms with Gasteiger partial charge in [-0.25, -0.2) is 0 Å². The van der Waals surface area contributed by atoms with Gasteiger partial charge >= 0.3 is 0 Å². The summed E-state index contributed by atoms with van der Waals surface area (Å²) in [4.78, 5) is 5.57. The first-order valence-corrected chi connectivity index (χ1v) is 20.5. The van der Waals surface area contributed by atoms with Gasteiger partial charge in [-0.1, -0.05) is 219 Å². The van der Waals surface area contributed by atoms with Crippen LogP contribution in [0.15, 0.2) is 230 Å². The maximum absolute atomic E-state index is 5.57. The molecule has 7 aromatic carbocycles. The van der Waals surface area contributed by atoms with E-state index in [1.165, 1.54) is 55.7 Å². The molecular weight excluding hydrogens is 711 g/mol. The Morgan fingerprint density at radius 3 is 1.63 bits per heavy atom. The zero-order valence-corrected chi connectivity index (χ0v) is 32.8. The minimum Gasteiger partial charge on any atom is -0.272 e. The second-order valence-electron chi connectivity index (χ2n) is 15.5. The number of aliphatic imine (C=N–C) groups is 1. The molecule has 3 aliphatic rings. The number of nitrogens with zero attached hydrogens (tertiary/aromatic N) is 1. The molecule has 0 fully saturated rings. The van der Waals surface area contributed by atoms with Crippen LogP contribution in [-0.2, 0) is 0 Å². The molecule has 1 nitrogen and oxygen atoms in total. The van der Waals surface area contributed by atoms with Crippen LogP contribution in [0.4, 0.5) is 0 Å². The van der Waals surface area contributed by atoms with E-state index in [9.17, 15) is 0 Å². The van der Waals surface area contributed by atoms with E-state index >= 15 is 0 Å². The van der Waals surface area contributed by atoms with Crippen LogP contribution in [-0.4, -0.2) is 5.71 Å². The fraction of sp³-hybridized carbons (Fsp3) is 0.0517. The van der Waals surface area contributed by atoms with E-state index < -0.39 is 0 Å². The van der Waals surface area contributed by atoms with Gasteiger partial charge < -0.3 is 0 Å². The molecule has 0 N–H and O–H groups in total. The molecule has 10 rings (SSSR count). The van der Waals surface area contributed by atoms with Gasteiger partial charge in [0.1, 0.15) is 6.04 Å². The molecule has 1 aliphatic heterocycles. The summed E-state index contributed by atoms with van der Waals surface area (Å²) in [5.41, 5.74) is 18.7. The Morgan fingerprint density at radius 1 is 0.407 bits per heavy atom. The average molecular weight is 754 g/mol. The quantitative estimate of drug-likeness (QED) is 0.154. The van der Waals surface area contributed by atoms with E-state index in [1.807, 2.05) is 0 Å². The average Bonchev–Trinajstić information content (AvgIpc) is 3.63. The van der Waals surface area contributed by atoms with E-state index in [1.54, 1.807) is 0 Å². The van der Waals surface area contributed by atoms with Gasteiger partial charge in [-0.2, -0.15) is 0 Å². The highest BCUT2D eigenvalue weighted by Crippen LogP contribution is 2.45. The number of hydrogen-bond donors (Lipinski definition) is 0. The molecule has 59 heavy (non-hydrogen) atoms. The summed E-state index contributed by atoms with van der Waals surface area (Å²) < 4.78 is 0. The number of rotatable bonds is 7. The molecule has 2 unspecified atom stereocenters. The van der Waals surface area contributed by atoms with Gasteiger partial charge in [0.25, 0.3) is 0 Å². The van der Waals surface area contributed by atoms with Crippen molar-refractivity contribution in [2.45, 2.75) is 17.9 Å². The Hall–Kier alpha value is -7.35. The molecule has 0 amide bonds.